The molecule has 0 saturated heterocycles. The number of pyridine rings is 1. The molecule has 1 fully saturated rings. The van der Waals surface area contributed by atoms with E-state index in [1.165, 1.54) is 18.4 Å². The lowest BCUT2D eigenvalue weighted by Gasteiger charge is -2.03. The van der Waals surface area contributed by atoms with Gasteiger partial charge < -0.3 is 5.11 Å². The van der Waals surface area contributed by atoms with Gasteiger partial charge in [0.25, 0.3) is 0 Å². The van der Waals surface area contributed by atoms with E-state index in [0.717, 1.165) is 5.69 Å². The number of nitrogens with zero attached hydrogens (tertiary/aromatic N) is 1. The zero-order valence-corrected chi connectivity index (χ0v) is 8.16. The number of hydrogen-bond donors (Lipinski definition) is 1. The minimum atomic E-state index is -0.815. The van der Waals surface area contributed by atoms with Crippen LogP contribution in [-0.4, -0.2) is 16.1 Å². The highest BCUT2D eigenvalue weighted by atomic mass is 16.4. The van der Waals surface area contributed by atoms with Gasteiger partial charge in [-0.3, -0.25) is 9.78 Å². The normalized spacial score (nSPS) is 15.5. The molecular weight excluding hydrogens is 178 g/mol. The molecule has 1 aromatic heterocycles. The second-order valence-electron chi connectivity index (χ2n) is 3.88. The zero-order chi connectivity index (χ0) is 10.1. The number of rotatable bonds is 3. The monoisotopic (exact) mass is 191 g/mol. The van der Waals surface area contributed by atoms with Crippen molar-refractivity contribution in [2.24, 2.45) is 0 Å². The molecule has 3 nitrogen and oxygen atoms in total. The van der Waals surface area contributed by atoms with E-state index in [4.69, 9.17) is 5.11 Å². The Morgan fingerprint density at radius 3 is 2.86 bits per heavy atom. The van der Waals surface area contributed by atoms with Crippen molar-refractivity contribution in [3.63, 3.8) is 0 Å². The summed E-state index contributed by atoms with van der Waals surface area (Å²) in [6.45, 7) is 1.91. The lowest BCUT2D eigenvalue weighted by molar-refractivity contribution is -0.136. The van der Waals surface area contributed by atoms with Gasteiger partial charge in [-0.25, -0.2) is 0 Å². The molecule has 1 aromatic rings. The first-order chi connectivity index (χ1) is 6.65. The summed E-state index contributed by atoms with van der Waals surface area (Å²) in [6.07, 6.45) is 2.49. The van der Waals surface area contributed by atoms with Crippen LogP contribution in [0.3, 0.4) is 0 Å². The Labute approximate surface area is 82.8 Å². The molecule has 1 aliphatic carbocycles. The smallest absolute Gasteiger partial charge is 0.309 e. The van der Waals surface area contributed by atoms with E-state index < -0.39 is 5.97 Å². The Balaban J connectivity index is 2.26. The lowest BCUT2D eigenvalue weighted by atomic mass is 10.1. The number of aromatic nitrogens is 1. The molecule has 0 unspecified atom stereocenters. The number of aryl methyl sites for hydroxylation is 1. The van der Waals surface area contributed by atoms with Crippen molar-refractivity contribution in [2.75, 3.05) is 0 Å². The number of carbonyl (C=O) groups is 1. The van der Waals surface area contributed by atoms with Gasteiger partial charge in [-0.1, -0.05) is 0 Å². The highest BCUT2D eigenvalue weighted by Gasteiger charge is 2.24. The highest BCUT2D eigenvalue weighted by Crippen LogP contribution is 2.40. The van der Waals surface area contributed by atoms with Gasteiger partial charge in [0.05, 0.1) is 12.1 Å². The third-order valence-corrected chi connectivity index (χ3v) is 2.41. The third-order valence-electron chi connectivity index (χ3n) is 2.41. The van der Waals surface area contributed by atoms with Crippen molar-refractivity contribution in [3.05, 3.63) is 29.1 Å². The SMILES string of the molecule is Cc1cc(C2CC2)cc(CC(=O)O)n1. The fourth-order valence-electron chi connectivity index (χ4n) is 1.66. The van der Waals surface area contributed by atoms with Crippen LogP contribution in [0.1, 0.15) is 35.7 Å². The lowest BCUT2D eigenvalue weighted by Crippen LogP contribution is -2.04. The van der Waals surface area contributed by atoms with Crippen LogP contribution in [0.15, 0.2) is 12.1 Å². The molecule has 1 saturated carbocycles. The van der Waals surface area contributed by atoms with E-state index in [1.54, 1.807) is 0 Å². The maximum atomic E-state index is 10.5. The maximum absolute atomic E-state index is 10.5. The van der Waals surface area contributed by atoms with Crippen molar-refractivity contribution in [3.8, 4) is 0 Å². The van der Waals surface area contributed by atoms with Crippen LogP contribution in [0, 0.1) is 6.92 Å². The Kier molecular flexibility index (Phi) is 2.23. The average molecular weight is 191 g/mol. The van der Waals surface area contributed by atoms with E-state index in [0.29, 0.717) is 11.6 Å². The summed E-state index contributed by atoms with van der Waals surface area (Å²) in [5, 5.41) is 8.66. The maximum Gasteiger partial charge on any atom is 0.309 e. The first-order valence-electron chi connectivity index (χ1n) is 4.84. The van der Waals surface area contributed by atoms with Gasteiger partial charge in [0.2, 0.25) is 0 Å². The third kappa shape index (κ3) is 2.10. The van der Waals surface area contributed by atoms with Crippen molar-refractivity contribution < 1.29 is 9.90 Å². The second-order valence-corrected chi connectivity index (χ2v) is 3.88. The number of carboxylic acid groups (broad SMARTS) is 1. The quantitative estimate of drug-likeness (QED) is 0.793. The summed E-state index contributed by atoms with van der Waals surface area (Å²) in [4.78, 5) is 14.7. The molecular formula is C11H13NO2. The van der Waals surface area contributed by atoms with Crippen LogP contribution < -0.4 is 0 Å². The van der Waals surface area contributed by atoms with Crippen LogP contribution in [-0.2, 0) is 11.2 Å². The minimum absolute atomic E-state index is 0.0292. The molecule has 0 spiro atoms. The van der Waals surface area contributed by atoms with Crippen LogP contribution in [0.5, 0.6) is 0 Å². The van der Waals surface area contributed by atoms with E-state index in [1.807, 2.05) is 13.0 Å². The summed E-state index contributed by atoms with van der Waals surface area (Å²) in [5.74, 6) is -0.158. The molecule has 14 heavy (non-hydrogen) atoms. The summed E-state index contributed by atoms with van der Waals surface area (Å²) >= 11 is 0. The van der Waals surface area contributed by atoms with E-state index >= 15 is 0 Å². The first kappa shape index (κ1) is 9.19. The molecule has 0 bridgehead atoms. The predicted octanol–water partition coefficient (Wildman–Crippen LogP) is 1.89. The zero-order valence-electron chi connectivity index (χ0n) is 8.16. The fraction of sp³-hybridized carbons (Fsp3) is 0.455. The Bertz CT molecular complexity index is 370. The molecule has 0 aliphatic heterocycles. The minimum Gasteiger partial charge on any atom is -0.481 e. The van der Waals surface area contributed by atoms with Crippen LogP contribution in [0.25, 0.3) is 0 Å². The van der Waals surface area contributed by atoms with Gasteiger partial charge in [0, 0.05) is 5.69 Å². The Morgan fingerprint density at radius 2 is 2.29 bits per heavy atom. The van der Waals surface area contributed by atoms with Crippen LogP contribution in [0.2, 0.25) is 0 Å². The van der Waals surface area contributed by atoms with E-state index in [9.17, 15) is 4.79 Å². The van der Waals surface area contributed by atoms with Crippen LogP contribution >= 0.6 is 0 Å². The van der Waals surface area contributed by atoms with Crippen molar-refractivity contribution >= 4 is 5.97 Å². The van der Waals surface area contributed by atoms with Crippen molar-refractivity contribution in [1.29, 1.82) is 0 Å². The average Bonchev–Trinajstić information content (AvgIpc) is 2.82. The topological polar surface area (TPSA) is 50.2 Å². The van der Waals surface area contributed by atoms with Gasteiger partial charge in [-0.2, -0.15) is 0 Å². The molecule has 2 rings (SSSR count). The largest absolute Gasteiger partial charge is 0.481 e. The molecule has 0 aromatic carbocycles. The Morgan fingerprint density at radius 1 is 1.57 bits per heavy atom. The molecule has 1 N–H and O–H groups in total. The molecule has 0 atom stereocenters. The molecule has 3 heteroatoms. The van der Waals surface area contributed by atoms with Gasteiger partial charge in [-0.15, -0.1) is 0 Å². The fourth-order valence-corrected chi connectivity index (χ4v) is 1.66. The summed E-state index contributed by atoms with van der Waals surface area (Å²) < 4.78 is 0. The van der Waals surface area contributed by atoms with Crippen LogP contribution in [0.4, 0.5) is 0 Å². The number of hydrogen-bond acceptors (Lipinski definition) is 2. The molecule has 0 radical (unpaired) electrons. The standard InChI is InChI=1S/C11H13NO2/c1-7-4-9(8-2-3-8)5-10(12-7)6-11(13)14/h4-5,8H,2-3,6H2,1H3,(H,13,14). The number of carboxylic acids is 1. The summed E-state index contributed by atoms with van der Waals surface area (Å²) in [6, 6.07) is 3.99. The predicted molar refractivity (Wildman–Crippen MR) is 52.3 cm³/mol. The van der Waals surface area contributed by atoms with Gasteiger partial charge in [0.15, 0.2) is 0 Å². The Hall–Kier alpha value is -1.38. The summed E-state index contributed by atoms with van der Waals surface area (Å²) in [5.41, 5.74) is 2.86. The van der Waals surface area contributed by atoms with E-state index in [-0.39, 0.29) is 6.42 Å². The van der Waals surface area contributed by atoms with Gasteiger partial charge >= 0.3 is 5.97 Å². The summed E-state index contributed by atoms with van der Waals surface area (Å²) in [7, 11) is 0. The van der Waals surface area contributed by atoms with Crippen molar-refractivity contribution in [1.82, 2.24) is 4.98 Å². The second kappa shape index (κ2) is 3.40. The molecule has 0 amide bonds. The highest BCUT2D eigenvalue weighted by molar-refractivity contribution is 5.69. The molecule has 74 valence electrons. The molecule has 1 heterocycles. The van der Waals surface area contributed by atoms with E-state index in [2.05, 4.69) is 11.1 Å². The first-order valence-corrected chi connectivity index (χ1v) is 4.84. The molecule has 1 aliphatic rings. The number of aliphatic carboxylic acids is 1. The van der Waals surface area contributed by atoms with Gasteiger partial charge in [-0.05, 0) is 43.4 Å². The van der Waals surface area contributed by atoms with Gasteiger partial charge in [0.1, 0.15) is 0 Å². The van der Waals surface area contributed by atoms with Crippen molar-refractivity contribution in [2.45, 2.75) is 32.1 Å².